The van der Waals surface area contributed by atoms with Gasteiger partial charge in [0.05, 0.1) is 0 Å². The fraction of sp³-hybridized carbons (Fsp3) is 0.500. The van der Waals surface area contributed by atoms with E-state index >= 15 is 0 Å². The lowest BCUT2D eigenvalue weighted by molar-refractivity contribution is 0.249. The van der Waals surface area contributed by atoms with Crippen molar-refractivity contribution in [3.05, 3.63) is 11.8 Å². The van der Waals surface area contributed by atoms with Gasteiger partial charge in [-0.05, 0) is 12.7 Å². The zero-order chi connectivity index (χ0) is 9.26. The third-order valence-corrected chi connectivity index (χ3v) is 2.46. The van der Waals surface area contributed by atoms with Gasteiger partial charge in [0.2, 0.25) is 5.88 Å². The van der Waals surface area contributed by atoms with Crippen molar-refractivity contribution in [1.82, 2.24) is 9.97 Å². The first-order chi connectivity index (χ1) is 6.29. The molecule has 70 valence electrons. The molecule has 1 aromatic heterocycles. The minimum Gasteiger partial charge on any atom is -0.476 e. The molecule has 5 heteroatoms. The molecule has 0 amide bonds. The van der Waals surface area contributed by atoms with Crippen LogP contribution in [-0.2, 0) is 6.42 Å². The maximum atomic E-state index is 5.73. The summed E-state index contributed by atoms with van der Waals surface area (Å²) < 4.78 is 5.39. The third-order valence-electron chi connectivity index (χ3n) is 1.90. The zero-order valence-electron chi connectivity index (χ0n) is 7.36. The molecule has 0 radical (unpaired) electrons. The molecule has 2 heterocycles. The molecular weight excluding hydrogens is 186 g/mol. The monoisotopic (exact) mass is 197 g/mol. The maximum absolute atomic E-state index is 5.73. The Morgan fingerprint density at radius 3 is 3.31 bits per heavy atom. The first-order valence-corrected chi connectivity index (χ1v) is 5.30. The highest BCUT2D eigenvalue weighted by Crippen LogP contribution is 2.22. The Bertz CT molecular complexity index is 318. The quantitative estimate of drug-likeness (QED) is 0.523. The van der Waals surface area contributed by atoms with Crippen molar-refractivity contribution in [3.63, 3.8) is 0 Å². The first kappa shape index (κ1) is 8.77. The number of hydrogen-bond acceptors (Lipinski definition) is 5. The standard InChI is InChI=1S/C8H11N3OS/c1-13-8-10-3-5-2-6(9)4-12-7(5)11-8/h3,6H,2,4,9H2,1H3. The summed E-state index contributed by atoms with van der Waals surface area (Å²) in [5.41, 5.74) is 6.75. The van der Waals surface area contributed by atoms with E-state index in [1.165, 1.54) is 11.8 Å². The molecule has 4 nitrogen and oxygen atoms in total. The summed E-state index contributed by atoms with van der Waals surface area (Å²) in [6.45, 7) is 0.553. The molecule has 0 bridgehead atoms. The number of fused-ring (bicyclic) bond motifs is 1. The molecule has 1 unspecified atom stereocenters. The molecule has 2 rings (SSSR count). The highest BCUT2D eigenvalue weighted by molar-refractivity contribution is 7.98. The van der Waals surface area contributed by atoms with Gasteiger partial charge in [0.1, 0.15) is 6.61 Å². The topological polar surface area (TPSA) is 61.0 Å². The van der Waals surface area contributed by atoms with Crippen molar-refractivity contribution >= 4 is 11.8 Å². The van der Waals surface area contributed by atoms with Crippen LogP contribution < -0.4 is 10.5 Å². The average Bonchev–Trinajstić information content (AvgIpc) is 2.17. The Labute approximate surface area is 80.9 Å². The maximum Gasteiger partial charge on any atom is 0.220 e. The van der Waals surface area contributed by atoms with Gasteiger partial charge in [-0.3, -0.25) is 0 Å². The van der Waals surface area contributed by atoms with Crippen LogP contribution in [0.15, 0.2) is 11.4 Å². The summed E-state index contributed by atoms with van der Waals surface area (Å²) in [6.07, 6.45) is 4.55. The molecule has 0 aliphatic carbocycles. The van der Waals surface area contributed by atoms with Gasteiger partial charge in [0, 0.05) is 17.8 Å². The number of thioether (sulfide) groups is 1. The van der Waals surface area contributed by atoms with Gasteiger partial charge in [-0.2, -0.15) is 4.98 Å². The second-order valence-corrected chi connectivity index (χ2v) is 3.74. The van der Waals surface area contributed by atoms with Crippen LogP contribution in [0.25, 0.3) is 0 Å². The fourth-order valence-corrected chi connectivity index (χ4v) is 1.60. The molecule has 0 aromatic carbocycles. The Hall–Kier alpha value is -0.810. The van der Waals surface area contributed by atoms with E-state index in [2.05, 4.69) is 9.97 Å². The summed E-state index contributed by atoms with van der Waals surface area (Å²) >= 11 is 1.51. The highest BCUT2D eigenvalue weighted by atomic mass is 32.2. The molecule has 1 aliphatic rings. The van der Waals surface area contributed by atoms with E-state index in [0.29, 0.717) is 12.5 Å². The molecular formula is C8H11N3OS. The molecule has 13 heavy (non-hydrogen) atoms. The van der Waals surface area contributed by atoms with Crippen LogP contribution in [0.1, 0.15) is 5.56 Å². The first-order valence-electron chi connectivity index (χ1n) is 4.08. The van der Waals surface area contributed by atoms with Crippen LogP contribution in [0.2, 0.25) is 0 Å². The van der Waals surface area contributed by atoms with Crippen molar-refractivity contribution in [3.8, 4) is 5.88 Å². The third kappa shape index (κ3) is 1.76. The van der Waals surface area contributed by atoms with Gasteiger partial charge in [0.25, 0.3) is 0 Å². The van der Waals surface area contributed by atoms with E-state index in [4.69, 9.17) is 10.5 Å². The van der Waals surface area contributed by atoms with E-state index in [0.717, 1.165) is 17.1 Å². The van der Waals surface area contributed by atoms with Crippen molar-refractivity contribution in [2.75, 3.05) is 12.9 Å². The van der Waals surface area contributed by atoms with E-state index < -0.39 is 0 Å². The Balaban J connectivity index is 2.31. The second kappa shape index (κ2) is 3.51. The molecule has 0 saturated carbocycles. The Kier molecular flexibility index (Phi) is 2.37. The minimum atomic E-state index is 0.0798. The number of nitrogens with two attached hydrogens (primary N) is 1. The average molecular weight is 197 g/mol. The van der Waals surface area contributed by atoms with Crippen LogP contribution in [0, 0.1) is 0 Å². The van der Waals surface area contributed by atoms with E-state index in [1.807, 2.05) is 6.26 Å². The smallest absolute Gasteiger partial charge is 0.220 e. The van der Waals surface area contributed by atoms with E-state index in [9.17, 15) is 0 Å². The van der Waals surface area contributed by atoms with Crippen molar-refractivity contribution in [2.24, 2.45) is 5.73 Å². The summed E-state index contributed by atoms with van der Waals surface area (Å²) in [4.78, 5) is 8.40. The van der Waals surface area contributed by atoms with Crippen LogP contribution in [-0.4, -0.2) is 28.9 Å². The molecule has 2 N–H and O–H groups in total. The van der Waals surface area contributed by atoms with Gasteiger partial charge in [0.15, 0.2) is 5.16 Å². The van der Waals surface area contributed by atoms with Crippen LogP contribution >= 0.6 is 11.8 Å². The minimum absolute atomic E-state index is 0.0798. The van der Waals surface area contributed by atoms with Gasteiger partial charge in [-0.25, -0.2) is 4.98 Å². The second-order valence-electron chi connectivity index (χ2n) is 2.96. The molecule has 0 fully saturated rings. The predicted octanol–water partition coefficient (Wildman–Crippen LogP) is 0.461. The Morgan fingerprint density at radius 2 is 2.54 bits per heavy atom. The molecule has 0 saturated heterocycles. The van der Waals surface area contributed by atoms with E-state index in [1.54, 1.807) is 6.20 Å². The van der Waals surface area contributed by atoms with E-state index in [-0.39, 0.29) is 6.04 Å². The number of nitrogens with zero attached hydrogens (tertiary/aromatic N) is 2. The Morgan fingerprint density at radius 1 is 1.69 bits per heavy atom. The van der Waals surface area contributed by atoms with Crippen molar-refractivity contribution in [2.45, 2.75) is 17.6 Å². The molecule has 1 aliphatic heterocycles. The number of hydrogen-bond donors (Lipinski definition) is 1. The van der Waals surface area contributed by atoms with Crippen LogP contribution in [0.5, 0.6) is 5.88 Å². The number of rotatable bonds is 1. The summed E-state index contributed by atoms with van der Waals surface area (Å²) in [7, 11) is 0. The van der Waals surface area contributed by atoms with Gasteiger partial charge < -0.3 is 10.5 Å². The van der Waals surface area contributed by atoms with Crippen LogP contribution in [0.3, 0.4) is 0 Å². The van der Waals surface area contributed by atoms with Gasteiger partial charge >= 0.3 is 0 Å². The lowest BCUT2D eigenvalue weighted by Gasteiger charge is -2.20. The molecule has 1 atom stereocenters. The predicted molar refractivity (Wildman–Crippen MR) is 51.0 cm³/mol. The summed E-state index contributed by atoms with van der Waals surface area (Å²) in [5.74, 6) is 0.695. The van der Waals surface area contributed by atoms with Gasteiger partial charge in [-0.1, -0.05) is 11.8 Å². The van der Waals surface area contributed by atoms with Crippen molar-refractivity contribution in [1.29, 1.82) is 0 Å². The molecule has 0 spiro atoms. The van der Waals surface area contributed by atoms with Crippen LogP contribution in [0.4, 0.5) is 0 Å². The normalized spacial score (nSPS) is 20.6. The lowest BCUT2D eigenvalue weighted by Crippen LogP contribution is -2.34. The molecule has 1 aromatic rings. The summed E-state index contributed by atoms with van der Waals surface area (Å²) in [5, 5.41) is 0.745. The lowest BCUT2D eigenvalue weighted by atomic mass is 10.1. The number of ether oxygens (including phenoxy) is 1. The SMILES string of the molecule is CSc1ncc2c(n1)OCC(N)C2. The largest absolute Gasteiger partial charge is 0.476 e. The summed E-state index contributed by atoms with van der Waals surface area (Å²) in [6, 6.07) is 0.0798. The highest BCUT2D eigenvalue weighted by Gasteiger charge is 2.18. The fourth-order valence-electron chi connectivity index (χ4n) is 1.27. The van der Waals surface area contributed by atoms with Gasteiger partial charge in [-0.15, -0.1) is 0 Å². The van der Waals surface area contributed by atoms with Crippen molar-refractivity contribution < 1.29 is 4.74 Å². The number of aromatic nitrogens is 2. The zero-order valence-corrected chi connectivity index (χ0v) is 8.17.